The second-order valence-corrected chi connectivity index (χ2v) is 11.4. The first-order chi connectivity index (χ1) is 19.5. The first-order valence-corrected chi connectivity index (χ1v) is 14.5. The number of rotatable bonds is 7. The maximum atomic E-state index is 12.9. The maximum Gasteiger partial charge on any atom is 0.238 e. The molecular formula is C32H39N7O. The molecule has 0 atom stereocenters. The largest absolute Gasteiger partial charge is 0.354 e. The molecule has 6 rings (SSSR count). The third kappa shape index (κ3) is 6.12. The molecule has 2 aromatic carbocycles. The zero-order valence-electron chi connectivity index (χ0n) is 23.6. The SMILES string of the molecule is Cc1cc(N2CCN(CC(=O)Nc3ccc4c(ccn4Cc4ccccc4)c3)CC2)nc(N2CCC(C)CC2)n1. The van der Waals surface area contributed by atoms with Gasteiger partial charge in [-0.05, 0) is 55.5 Å². The molecule has 1 amide bonds. The number of piperidine rings is 1. The Morgan fingerprint density at radius 3 is 2.45 bits per heavy atom. The highest BCUT2D eigenvalue weighted by atomic mass is 16.2. The van der Waals surface area contributed by atoms with Crippen LogP contribution < -0.4 is 15.1 Å². The molecular weight excluding hydrogens is 498 g/mol. The molecule has 0 unspecified atom stereocenters. The number of hydrogen-bond donors (Lipinski definition) is 1. The Morgan fingerprint density at radius 1 is 0.900 bits per heavy atom. The first kappa shape index (κ1) is 26.3. The minimum absolute atomic E-state index is 0.0241. The van der Waals surface area contributed by atoms with E-state index in [1.807, 2.05) is 12.1 Å². The van der Waals surface area contributed by atoms with Gasteiger partial charge in [0, 0.05) is 80.4 Å². The van der Waals surface area contributed by atoms with Crippen molar-refractivity contribution in [2.45, 2.75) is 33.2 Å². The lowest BCUT2D eigenvalue weighted by Crippen LogP contribution is -2.49. The minimum Gasteiger partial charge on any atom is -0.354 e. The van der Waals surface area contributed by atoms with E-state index < -0.39 is 0 Å². The summed E-state index contributed by atoms with van der Waals surface area (Å²) in [6, 6.07) is 20.8. The molecule has 2 aromatic heterocycles. The van der Waals surface area contributed by atoms with Gasteiger partial charge in [-0.15, -0.1) is 0 Å². The van der Waals surface area contributed by atoms with Crippen LogP contribution >= 0.6 is 0 Å². The zero-order valence-corrected chi connectivity index (χ0v) is 23.6. The Balaban J connectivity index is 1.02. The molecule has 8 heteroatoms. The number of fused-ring (bicyclic) bond motifs is 1. The number of carbonyl (C=O) groups excluding carboxylic acids is 1. The third-order valence-electron chi connectivity index (χ3n) is 8.21. The van der Waals surface area contributed by atoms with Gasteiger partial charge in [-0.1, -0.05) is 37.3 Å². The molecule has 4 aromatic rings. The monoisotopic (exact) mass is 537 g/mol. The van der Waals surface area contributed by atoms with Gasteiger partial charge in [0.15, 0.2) is 0 Å². The molecule has 2 saturated heterocycles. The maximum absolute atomic E-state index is 12.9. The zero-order chi connectivity index (χ0) is 27.5. The van der Waals surface area contributed by atoms with E-state index in [0.29, 0.717) is 6.54 Å². The van der Waals surface area contributed by atoms with Gasteiger partial charge in [0.25, 0.3) is 0 Å². The van der Waals surface area contributed by atoms with Crippen molar-refractivity contribution in [3.8, 4) is 0 Å². The quantitative estimate of drug-likeness (QED) is 0.366. The third-order valence-corrected chi connectivity index (χ3v) is 8.21. The van der Waals surface area contributed by atoms with Crippen molar-refractivity contribution in [2.24, 2.45) is 5.92 Å². The highest BCUT2D eigenvalue weighted by Crippen LogP contribution is 2.24. The molecule has 1 N–H and O–H groups in total. The molecule has 2 fully saturated rings. The second kappa shape index (κ2) is 11.7. The number of aryl methyl sites for hydroxylation is 1. The summed E-state index contributed by atoms with van der Waals surface area (Å²) < 4.78 is 2.24. The topological polar surface area (TPSA) is 69.5 Å². The summed E-state index contributed by atoms with van der Waals surface area (Å²) in [5.41, 5.74) is 4.28. The summed E-state index contributed by atoms with van der Waals surface area (Å²) >= 11 is 0. The van der Waals surface area contributed by atoms with Crippen LogP contribution in [0.4, 0.5) is 17.5 Å². The summed E-state index contributed by atoms with van der Waals surface area (Å²) in [5, 5.41) is 4.23. The fraction of sp³-hybridized carbons (Fsp3) is 0.406. The van der Waals surface area contributed by atoms with E-state index in [4.69, 9.17) is 9.97 Å². The standard InChI is InChI=1S/C32H39N7O/c1-24-10-13-38(14-11-24)32-33-25(2)20-30(35-32)37-18-16-36(17-19-37)23-31(40)34-28-8-9-29-27(21-28)12-15-39(29)22-26-6-4-3-5-7-26/h3-9,12,15,20-21,24H,10-11,13-14,16-19,22-23H2,1-2H3,(H,34,40). The van der Waals surface area contributed by atoms with E-state index in [0.717, 1.165) is 85.8 Å². The van der Waals surface area contributed by atoms with Crippen molar-refractivity contribution >= 4 is 34.3 Å². The lowest BCUT2D eigenvalue weighted by molar-refractivity contribution is -0.117. The van der Waals surface area contributed by atoms with Crippen LogP contribution in [0.25, 0.3) is 10.9 Å². The van der Waals surface area contributed by atoms with Gasteiger partial charge in [-0.2, -0.15) is 4.98 Å². The van der Waals surface area contributed by atoms with Crippen LogP contribution in [0.5, 0.6) is 0 Å². The molecule has 0 aliphatic carbocycles. The van der Waals surface area contributed by atoms with Crippen LogP contribution in [0.3, 0.4) is 0 Å². The highest BCUT2D eigenvalue weighted by Gasteiger charge is 2.23. The molecule has 0 radical (unpaired) electrons. The average molecular weight is 538 g/mol. The normalized spacial score (nSPS) is 16.9. The van der Waals surface area contributed by atoms with E-state index in [9.17, 15) is 4.79 Å². The van der Waals surface area contributed by atoms with Crippen molar-refractivity contribution in [2.75, 3.05) is 60.9 Å². The lowest BCUT2D eigenvalue weighted by atomic mass is 10.00. The highest BCUT2D eigenvalue weighted by molar-refractivity contribution is 5.95. The Morgan fingerprint density at radius 2 is 1.68 bits per heavy atom. The van der Waals surface area contributed by atoms with E-state index in [1.54, 1.807) is 0 Å². The molecule has 0 bridgehead atoms. The minimum atomic E-state index is 0.0241. The number of piperazine rings is 1. The summed E-state index contributed by atoms with van der Waals surface area (Å²) in [7, 11) is 0. The van der Waals surface area contributed by atoms with Gasteiger partial charge < -0.3 is 19.7 Å². The number of aromatic nitrogens is 3. The Kier molecular flexibility index (Phi) is 7.68. The number of anilines is 3. The van der Waals surface area contributed by atoms with Crippen LogP contribution in [0, 0.1) is 12.8 Å². The van der Waals surface area contributed by atoms with Gasteiger partial charge >= 0.3 is 0 Å². The number of benzene rings is 2. The molecule has 8 nitrogen and oxygen atoms in total. The van der Waals surface area contributed by atoms with Crippen molar-refractivity contribution < 1.29 is 4.79 Å². The van der Waals surface area contributed by atoms with Crippen LogP contribution in [-0.2, 0) is 11.3 Å². The molecule has 0 spiro atoms. The molecule has 4 heterocycles. The van der Waals surface area contributed by atoms with Crippen LogP contribution in [0.1, 0.15) is 31.0 Å². The van der Waals surface area contributed by atoms with E-state index in [1.165, 1.54) is 18.4 Å². The van der Waals surface area contributed by atoms with E-state index in [2.05, 4.69) is 93.2 Å². The fourth-order valence-electron chi connectivity index (χ4n) is 5.78. The van der Waals surface area contributed by atoms with Gasteiger partial charge in [0.2, 0.25) is 11.9 Å². The van der Waals surface area contributed by atoms with Crippen molar-refractivity contribution in [1.82, 2.24) is 19.4 Å². The number of nitrogens with zero attached hydrogens (tertiary/aromatic N) is 6. The molecule has 40 heavy (non-hydrogen) atoms. The van der Waals surface area contributed by atoms with Crippen molar-refractivity contribution in [1.29, 1.82) is 0 Å². The molecule has 2 aliphatic rings. The van der Waals surface area contributed by atoms with Crippen molar-refractivity contribution in [3.63, 3.8) is 0 Å². The predicted octanol–water partition coefficient (Wildman–Crippen LogP) is 4.79. The lowest BCUT2D eigenvalue weighted by Gasteiger charge is -2.36. The Labute approximate surface area is 236 Å². The van der Waals surface area contributed by atoms with Crippen LogP contribution in [0.2, 0.25) is 0 Å². The second-order valence-electron chi connectivity index (χ2n) is 11.4. The number of carbonyl (C=O) groups is 1. The summed E-state index contributed by atoms with van der Waals surface area (Å²) in [5.74, 6) is 2.66. The molecule has 0 saturated carbocycles. The number of nitrogens with one attached hydrogen (secondary N) is 1. The van der Waals surface area contributed by atoms with Crippen LogP contribution in [-0.4, -0.2) is 71.2 Å². The smallest absolute Gasteiger partial charge is 0.238 e. The van der Waals surface area contributed by atoms with Gasteiger partial charge in [-0.25, -0.2) is 4.98 Å². The van der Waals surface area contributed by atoms with E-state index >= 15 is 0 Å². The predicted molar refractivity (Wildman–Crippen MR) is 162 cm³/mol. The van der Waals surface area contributed by atoms with Gasteiger partial charge in [-0.3, -0.25) is 9.69 Å². The van der Waals surface area contributed by atoms with Gasteiger partial charge in [0.1, 0.15) is 5.82 Å². The summed E-state index contributed by atoms with van der Waals surface area (Å²) in [6.07, 6.45) is 4.50. The van der Waals surface area contributed by atoms with Crippen LogP contribution in [0.15, 0.2) is 66.9 Å². The number of amides is 1. The Bertz CT molecular complexity index is 1450. The fourth-order valence-corrected chi connectivity index (χ4v) is 5.78. The molecule has 2 aliphatic heterocycles. The first-order valence-electron chi connectivity index (χ1n) is 14.5. The Hall–Kier alpha value is -3.91. The molecule has 208 valence electrons. The average Bonchev–Trinajstić information content (AvgIpc) is 3.35. The van der Waals surface area contributed by atoms with E-state index in [-0.39, 0.29) is 5.91 Å². The van der Waals surface area contributed by atoms with Crippen molar-refractivity contribution in [3.05, 3.63) is 78.1 Å². The van der Waals surface area contributed by atoms with Gasteiger partial charge in [0.05, 0.1) is 6.54 Å². The number of hydrogen-bond acceptors (Lipinski definition) is 6. The summed E-state index contributed by atoms with van der Waals surface area (Å²) in [4.78, 5) is 29.5. The summed E-state index contributed by atoms with van der Waals surface area (Å²) in [6.45, 7) is 11.0.